The van der Waals surface area contributed by atoms with Gasteiger partial charge in [-0.15, -0.1) is 0 Å². The number of hydrogen-bond acceptors (Lipinski definition) is 2. The van der Waals surface area contributed by atoms with E-state index in [0.717, 1.165) is 36.4 Å². The molecular formula is C19H19N3O. The van der Waals surface area contributed by atoms with E-state index in [-0.39, 0.29) is 5.91 Å². The molecule has 1 aliphatic heterocycles. The number of rotatable bonds is 3. The number of aromatic amines is 1. The minimum absolute atomic E-state index is 0.109. The van der Waals surface area contributed by atoms with Crippen LogP contribution in [-0.4, -0.2) is 17.4 Å². The molecule has 1 aliphatic rings. The third-order valence-corrected chi connectivity index (χ3v) is 4.56. The molecule has 2 heterocycles. The summed E-state index contributed by atoms with van der Waals surface area (Å²) < 4.78 is 0. The van der Waals surface area contributed by atoms with Crippen molar-refractivity contribution in [3.05, 3.63) is 59.8 Å². The minimum Gasteiger partial charge on any atom is -0.381 e. The van der Waals surface area contributed by atoms with Gasteiger partial charge in [0.15, 0.2) is 0 Å². The highest BCUT2D eigenvalue weighted by Crippen LogP contribution is 2.34. The summed E-state index contributed by atoms with van der Waals surface area (Å²) in [5.74, 6) is 0.109. The molecule has 0 fully saturated rings. The van der Waals surface area contributed by atoms with E-state index in [2.05, 4.69) is 40.6 Å². The maximum absolute atomic E-state index is 11.7. The minimum atomic E-state index is 0.109. The van der Waals surface area contributed by atoms with Gasteiger partial charge >= 0.3 is 0 Å². The molecule has 0 atom stereocenters. The van der Waals surface area contributed by atoms with E-state index >= 15 is 0 Å². The number of H-pyrrole nitrogens is 1. The summed E-state index contributed by atoms with van der Waals surface area (Å²) in [7, 11) is 0. The number of nitrogens with one attached hydrogen (secondary N) is 2. The predicted molar refractivity (Wildman–Crippen MR) is 93.8 cm³/mol. The van der Waals surface area contributed by atoms with Gasteiger partial charge in [-0.3, -0.25) is 4.79 Å². The quantitative estimate of drug-likeness (QED) is 0.775. The summed E-state index contributed by atoms with van der Waals surface area (Å²) >= 11 is 0. The van der Waals surface area contributed by atoms with Gasteiger partial charge in [0.05, 0.1) is 0 Å². The maximum atomic E-state index is 11.7. The first-order valence-corrected chi connectivity index (χ1v) is 7.93. The van der Waals surface area contributed by atoms with Crippen LogP contribution in [-0.2, 0) is 17.8 Å². The Labute approximate surface area is 135 Å². The van der Waals surface area contributed by atoms with Gasteiger partial charge in [0, 0.05) is 54.1 Å². The number of anilines is 2. The summed E-state index contributed by atoms with van der Waals surface area (Å²) in [6.07, 6.45) is 2.88. The summed E-state index contributed by atoms with van der Waals surface area (Å²) in [5, 5.41) is 4.80. The molecule has 0 spiro atoms. The smallest absolute Gasteiger partial charge is 0.223 e. The largest absolute Gasteiger partial charge is 0.381 e. The average molecular weight is 305 g/mol. The predicted octanol–water partition coefficient (Wildman–Crippen LogP) is 3.69. The molecule has 3 aromatic rings. The lowest BCUT2D eigenvalue weighted by atomic mass is 10.1. The monoisotopic (exact) mass is 305 g/mol. The van der Waals surface area contributed by atoms with Crippen LogP contribution in [0.2, 0.25) is 0 Å². The van der Waals surface area contributed by atoms with Gasteiger partial charge < -0.3 is 15.2 Å². The van der Waals surface area contributed by atoms with Crippen LogP contribution in [0.25, 0.3) is 10.9 Å². The van der Waals surface area contributed by atoms with Crippen LogP contribution < -0.4 is 10.2 Å². The Morgan fingerprint density at radius 3 is 2.96 bits per heavy atom. The fourth-order valence-corrected chi connectivity index (χ4v) is 3.42. The maximum Gasteiger partial charge on any atom is 0.223 e. The number of fused-ring (bicyclic) bond motifs is 2. The Hall–Kier alpha value is -2.75. The van der Waals surface area contributed by atoms with Gasteiger partial charge in [-0.2, -0.15) is 0 Å². The Morgan fingerprint density at radius 1 is 1.22 bits per heavy atom. The molecule has 4 nitrogen and oxygen atoms in total. The van der Waals surface area contributed by atoms with Gasteiger partial charge in [0.2, 0.25) is 5.91 Å². The second kappa shape index (κ2) is 5.47. The van der Waals surface area contributed by atoms with Crippen LogP contribution in [0.3, 0.4) is 0 Å². The molecule has 1 amide bonds. The first kappa shape index (κ1) is 13.9. The second-order valence-corrected chi connectivity index (χ2v) is 5.93. The number of amides is 1. The fourth-order valence-electron chi connectivity index (χ4n) is 3.42. The van der Waals surface area contributed by atoms with Crippen LogP contribution in [0.4, 0.5) is 11.4 Å². The molecule has 0 aliphatic carbocycles. The lowest BCUT2D eigenvalue weighted by Crippen LogP contribution is -2.25. The molecule has 2 N–H and O–H groups in total. The van der Waals surface area contributed by atoms with Crippen LogP contribution >= 0.6 is 0 Å². The molecule has 0 unspecified atom stereocenters. The van der Waals surface area contributed by atoms with Crippen molar-refractivity contribution in [1.82, 2.24) is 4.98 Å². The van der Waals surface area contributed by atoms with E-state index in [1.54, 1.807) is 6.92 Å². The lowest BCUT2D eigenvalue weighted by Gasteiger charge is -2.16. The number of benzene rings is 2. The van der Waals surface area contributed by atoms with Gasteiger partial charge in [-0.1, -0.05) is 18.2 Å². The van der Waals surface area contributed by atoms with Crippen molar-refractivity contribution in [3.63, 3.8) is 0 Å². The number of hydrogen-bond donors (Lipinski definition) is 2. The van der Waals surface area contributed by atoms with E-state index in [9.17, 15) is 4.79 Å². The number of carbonyl (C=O) groups excluding carboxylic acids is 1. The summed E-state index contributed by atoms with van der Waals surface area (Å²) in [6, 6.07) is 14.6. The SMILES string of the molecule is CC(=O)N1CCc2c(NCc3cccc4[nH]ccc34)cccc21. The summed E-state index contributed by atoms with van der Waals surface area (Å²) in [6.45, 7) is 3.17. The molecule has 2 aromatic carbocycles. The summed E-state index contributed by atoms with van der Waals surface area (Å²) in [4.78, 5) is 16.8. The highest BCUT2D eigenvalue weighted by atomic mass is 16.2. The van der Waals surface area contributed by atoms with Crippen molar-refractivity contribution in [2.75, 3.05) is 16.8 Å². The van der Waals surface area contributed by atoms with Gasteiger partial charge in [-0.25, -0.2) is 0 Å². The van der Waals surface area contributed by atoms with Crippen molar-refractivity contribution >= 4 is 28.2 Å². The molecule has 4 rings (SSSR count). The molecule has 0 radical (unpaired) electrons. The molecule has 0 saturated carbocycles. The molecule has 4 heteroatoms. The van der Waals surface area contributed by atoms with Crippen molar-refractivity contribution in [1.29, 1.82) is 0 Å². The lowest BCUT2D eigenvalue weighted by molar-refractivity contribution is -0.116. The third-order valence-electron chi connectivity index (χ3n) is 4.56. The van der Waals surface area contributed by atoms with E-state index in [1.165, 1.54) is 16.5 Å². The van der Waals surface area contributed by atoms with Crippen molar-refractivity contribution < 1.29 is 4.79 Å². The van der Waals surface area contributed by atoms with Crippen LogP contribution in [0.5, 0.6) is 0 Å². The molecule has 23 heavy (non-hydrogen) atoms. The van der Waals surface area contributed by atoms with Crippen LogP contribution in [0.1, 0.15) is 18.1 Å². The van der Waals surface area contributed by atoms with Crippen molar-refractivity contribution in [2.24, 2.45) is 0 Å². The topological polar surface area (TPSA) is 48.1 Å². The average Bonchev–Trinajstić information content (AvgIpc) is 3.19. The van der Waals surface area contributed by atoms with Crippen molar-refractivity contribution in [3.8, 4) is 0 Å². The highest BCUT2D eigenvalue weighted by molar-refractivity contribution is 5.95. The van der Waals surface area contributed by atoms with E-state index in [0.29, 0.717) is 0 Å². The number of carbonyl (C=O) groups is 1. The van der Waals surface area contributed by atoms with Gasteiger partial charge in [0.25, 0.3) is 0 Å². The molecule has 0 bridgehead atoms. The molecular weight excluding hydrogens is 286 g/mol. The zero-order valence-corrected chi connectivity index (χ0v) is 13.1. The van der Waals surface area contributed by atoms with Gasteiger partial charge in [0.1, 0.15) is 0 Å². The van der Waals surface area contributed by atoms with Crippen molar-refractivity contribution in [2.45, 2.75) is 19.9 Å². The zero-order valence-electron chi connectivity index (χ0n) is 13.1. The standard InChI is InChI=1S/C19H19N3O/c1-13(23)22-11-9-16-18(6-3-7-19(16)22)21-12-14-4-2-5-17-15(14)8-10-20-17/h2-8,10,20-21H,9,11-12H2,1H3. The Balaban J connectivity index is 1.61. The zero-order chi connectivity index (χ0) is 15.8. The molecule has 116 valence electrons. The van der Waals surface area contributed by atoms with Gasteiger partial charge in [-0.05, 0) is 36.2 Å². The van der Waals surface area contributed by atoms with Crippen LogP contribution in [0, 0.1) is 0 Å². The van der Waals surface area contributed by atoms with Crippen LogP contribution in [0.15, 0.2) is 48.7 Å². The second-order valence-electron chi connectivity index (χ2n) is 5.93. The van der Waals surface area contributed by atoms with E-state index in [4.69, 9.17) is 0 Å². The highest BCUT2D eigenvalue weighted by Gasteiger charge is 2.24. The normalized spacial score (nSPS) is 13.3. The Bertz CT molecular complexity index is 881. The molecule has 1 aromatic heterocycles. The Kier molecular flexibility index (Phi) is 3.30. The Morgan fingerprint density at radius 2 is 2.09 bits per heavy atom. The van der Waals surface area contributed by atoms with E-state index in [1.807, 2.05) is 23.2 Å². The fraction of sp³-hybridized carbons (Fsp3) is 0.211. The number of nitrogens with zero attached hydrogens (tertiary/aromatic N) is 1. The first-order chi connectivity index (χ1) is 11.2. The number of aromatic nitrogens is 1. The first-order valence-electron chi connectivity index (χ1n) is 7.93. The third kappa shape index (κ3) is 2.36. The van der Waals surface area contributed by atoms with E-state index < -0.39 is 0 Å². The molecule has 0 saturated heterocycles. The summed E-state index contributed by atoms with van der Waals surface area (Å²) in [5.41, 5.74) is 5.83.